The quantitative estimate of drug-likeness (QED) is 0.344. The lowest BCUT2D eigenvalue weighted by Crippen LogP contribution is -2.56. The predicted octanol–water partition coefficient (Wildman–Crippen LogP) is 6.47. The molecule has 0 aliphatic carbocycles. The third-order valence-corrected chi connectivity index (χ3v) is 7.01. The number of aryl methyl sites for hydroxylation is 1. The number of hydrogen-bond donors (Lipinski definition) is 0. The summed E-state index contributed by atoms with van der Waals surface area (Å²) in [4.78, 5) is 7.26. The normalized spacial score (nSPS) is 13.0. The van der Waals surface area contributed by atoms with Crippen LogP contribution >= 0.6 is 0 Å². The molecule has 0 fully saturated rings. The average Bonchev–Trinajstić information content (AvgIpc) is 3.28. The summed E-state index contributed by atoms with van der Waals surface area (Å²) in [6.07, 6.45) is 4.09. The van der Waals surface area contributed by atoms with Gasteiger partial charge in [-0.1, -0.05) is 82.3 Å². The molecule has 166 valence electrons. The Hall–Kier alpha value is -3.27. The maximum atomic E-state index is 4.82. The van der Waals surface area contributed by atoms with Crippen LogP contribution in [-0.2, 0) is 0 Å². The zero-order valence-corrected chi connectivity index (χ0v) is 20.5. The van der Waals surface area contributed by atoms with Crippen molar-refractivity contribution in [2.75, 3.05) is 11.9 Å². The summed E-state index contributed by atoms with van der Waals surface area (Å²) in [6.45, 7) is 11.5. The molecular weight excluding hydrogens is 401 g/mol. The first kappa shape index (κ1) is 21.6. The number of rotatable bonds is 4. The standard InChI is InChI=1S/C29H32BN3/c1-19(2)24-17-23(22-12-8-7-9-13-22)18-25(20(3)4)28(24)30-32(6)26-14-10-11-21(5)27(26)29-31-15-16-33(29)30/h7-20H,1-6H3. The molecule has 0 radical (unpaired) electrons. The molecule has 0 atom stereocenters. The first-order valence-corrected chi connectivity index (χ1v) is 12.0. The van der Waals surface area contributed by atoms with Crippen molar-refractivity contribution in [2.45, 2.75) is 46.5 Å². The molecule has 0 saturated heterocycles. The van der Waals surface area contributed by atoms with Crippen molar-refractivity contribution in [2.24, 2.45) is 0 Å². The van der Waals surface area contributed by atoms with Crippen LogP contribution in [0, 0.1) is 6.92 Å². The lowest BCUT2D eigenvalue weighted by Gasteiger charge is -2.38. The summed E-state index contributed by atoms with van der Waals surface area (Å²) in [5, 5.41) is 0. The fourth-order valence-corrected chi connectivity index (χ4v) is 5.34. The number of imidazole rings is 1. The monoisotopic (exact) mass is 433 g/mol. The summed E-state index contributed by atoms with van der Waals surface area (Å²) in [6, 6.07) is 22.2. The second-order valence-electron chi connectivity index (χ2n) is 9.86. The highest BCUT2D eigenvalue weighted by Gasteiger charge is 2.39. The molecule has 1 aliphatic heterocycles. The first-order valence-electron chi connectivity index (χ1n) is 12.0. The fourth-order valence-electron chi connectivity index (χ4n) is 5.34. The molecule has 0 bridgehead atoms. The SMILES string of the molecule is Cc1cccc2c1-c1nccn1B(c1c(C(C)C)cc(-c3ccccc3)cc1C(C)C)N2C. The van der Waals surface area contributed by atoms with Crippen LogP contribution in [0.2, 0.25) is 0 Å². The molecule has 0 amide bonds. The molecule has 1 aromatic heterocycles. The molecule has 4 heteroatoms. The Morgan fingerprint density at radius 2 is 1.48 bits per heavy atom. The van der Waals surface area contributed by atoms with Crippen LogP contribution in [0.25, 0.3) is 22.5 Å². The minimum Gasteiger partial charge on any atom is -0.394 e. The summed E-state index contributed by atoms with van der Waals surface area (Å²) < 4.78 is 2.37. The van der Waals surface area contributed by atoms with Crippen molar-refractivity contribution < 1.29 is 0 Å². The van der Waals surface area contributed by atoms with Crippen molar-refractivity contribution in [3.8, 4) is 22.5 Å². The van der Waals surface area contributed by atoms with Gasteiger partial charge in [0.1, 0.15) is 5.82 Å². The minimum atomic E-state index is 0.0661. The van der Waals surface area contributed by atoms with E-state index in [2.05, 4.69) is 118 Å². The van der Waals surface area contributed by atoms with Crippen molar-refractivity contribution in [1.82, 2.24) is 9.46 Å². The van der Waals surface area contributed by atoms with Crippen LogP contribution in [0.4, 0.5) is 5.69 Å². The minimum absolute atomic E-state index is 0.0661. The van der Waals surface area contributed by atoms with Gasteiger partial charge in [0.05, 0.1) is 0 Å². The maximum absolute atomic E-state index is 4.82. The summed E-state index contributed by atoms with van der Waals surface area (Å²) in [5.41, 5.74) is 10.5. The summed E-state index contributed by atoms with van der Waals surface area (Å²) >= 11 is 0. The van der Waals surface area contributed by atoms with Crippen molar-refractivity contribution in [3.05, 3.63) is 89.7 Å². The molecular formula is C29H32BN3. The van der Waals surface area contributed by atoms with Crippen molar-refractivity contribution in [3.63, 3.8) is 0 Å². The Bertz CT molecular complexity index is 1270. The van der Waals surface area contributed by atoms with Crippen LogP contribution in [0.3, 0.4) is 0 Å². The van der Waals surface area contributed by atoms with E-state index in [1.54, 1.807) is 0 Å². The van der Waals surface area contributed by atoms with E-state index in [1.807, 2.05) is 6.20 Å². The molecule has 4 aromatic rings. The molecule has 3 nitrogen and oxygen atoms in total. The number of anilines is 1. The number of fused-ring (bicyclic) bond motifs is 3. The number of aromatic nitrogens is 2. The Labute approximate surface area is 198 Å². The average molecular weight is 433 g/mol. The van der Waals surface area contributed by atoms with Gasteiger partial charge in [0.25, 0.3) is 0 Å². The molecule has 0 spiro atoms. The van der Waals surface area contributed by atoms with Gasteiger partial charge in [-0.3, -0.25) is 0 Å². The predicted molar refractivity (Wildman–Crippen MR) is 142 cm³/mol. The van der Waals surface area contributed by atoms with Crippen LogP contribution in [0.15, 0.2) is 73.1 Å². The third-order valence-electron chi connectivity index (χ3n) is 7.01. The Morgan fingerprint density at radius 1 is 0.818 bits per heavy atom. The van der Waals surface area contributed by atoms with E-state index >= 15 is 0 Å². The van der Waals surface area contributed by atoms with Gasteiger partial charge in [0.15, 0.2) is 0 Å². The van der Waals surface area contributed by atoms with E-state index in [1.165, 1.54) is 44.5 Å². The molecule has 1 aliphatic rings. The van der Waals surface area contributed by atoms with Gasteiger partial charge >= 0.3 is 6.98 Å². The molecule has 3 aromatic carbocycles. The largest absolute Gasteiger partial charge is 0.417 e. The van der Waals surface area contributed by atoms with Gasteiger partial charge in [0.2, 0.25) is 0 Å². The molecule has 0 saturated carbocycles. The van der Waals surface area contributed by atoms with Crippen molar-refractivity contribution in [1.29, 1.82) is 0 Å². The summed E-state index contributed by atoms with van der Waals surface area (Å²) in [5.74, 6) is 1.86. The van der Waals surface area contributed by atoms with E-state index in [-0.39, 0.29) is 6.98 Å². The Balaban J connectivity index is 1.79. The Morgan fingerprint density at radius 3 is 2.12 bits per heavy atom. The highest BCUT2D eigenvalue weighted by molar-refractivity contribution is 6.77. The lowest BCUT2D eigenvalue weighted by molar-refractivity contribution is 0.842. The van der Waals surface area contributed by atoms with Gasteiger partial charge in [-0.2, -0.15) is 0 Å². The van der Waals surface area contributed by atoms with Gasteiger partial charge in [-0.15, -0.1) is 0 Å². The molecule has 0 N–H and O–H groups in total. The van der Waals surface area contributed by atoms with Gasteiger partial charge < -0.3 is 9.29 Å². The van der Waals surface area contributed by atoms with E-state index in [0.717, 1.165) is 5.82 Å². The highest BCUT2D eigenvalue weighted by Crippen LogP contribution is 2.38. The van der Waals surface area contributed by atoms with Crippen molar-refractivity contribution >= 4 is 18.1 Å². The van der Waals surface area contributed by atoms with E-state index in [4.69, 9.17) is 4.98 Å². The zero-order valence-electron chi connectivity index (χ0n) is 20.5. The van der Waals surface area contributed by atoms with Crippen LogP contribution in [-0.4, -0.2) is 23.5 Å². The maximum Gasteiger partial charge on any atom is 0.417 e. The van der Waals surface area contributed by atoms with E-state index < -0.39 is 0 Å². The smallest absolute Gasteiger partial charge is 0.394 e. The fraction of sp³-hybridized carbons (Fsp3) is 0.276. The highest BCUT2D eigenvalue weighted by atomic mass is 15.2. The number of benzene rings is 3. The molecule has 2 heterocycles. The zero-order chi connectivity index (χ0) is 23.3. The van der Waals surface area contributed by atoms with E-state index in [9.17, 15) is 0 Å². The van der Waals surface area contributed by atoms with E-state index in [0.29, 0.717) is 11.8 Å². The van der Waals surface area contributed by atoms with Crippen LogP contribution in [0.5, 0.6) is 0 Å². The van der Waals surface area contributed by atoms with Gasteiger partial charge in [-0.25, -0.2) is 4.98 Å². The second-order valence-corrected chi connectivity index (χ2v) is 9.86. The molecule has 0 unspecified atom stereocenters. The van der Waals surface area contributed by atoms with Crippen LogP contribution < -0.4 is 10.3 Å². The molecule has 33 heavy (non-hydrogen) atoms. The third kappa shape index (κ3) is 3.49. The topological polar surface area (TPSA) is 21.1 Å². The number of nitrogens with zero attached hydrogens (tertiary/aromatic N) is 3. The molecule has 5 rings (SSSR count). The van der Waals surface area contributed by atoms with Gasteiger partial charge in [0, 0.05) is 23.6 Å². The van der Waals surface area contributed by atoms with Gasteiger partial charge in [-0.05, 0) is 65.2 Å². The first-order chi connectivity index (χ1) is 15.9. The number of hydrogen-bond acceptors (Lipinski definition) is 2. The van der Waals surface area contributed by atoms with Crippen LogP contribution in [0.1, 0.15) is 56.2 Å². The second kappa shape index (κ2) is 8.26. The Kier molecular flexibility index (Phi) is 5.40. The summed E-state index contributed by atoms with van der Waals surface area (Å²) in [7, 11) is 2.23. The lowest BCUT2D eigenvalue weighted by atomic mass is 9.57.